The quantitative estimate of drug-likeness (QED) is 0.737. The summed E-state index contributed by atoms with van der Waals surface area (Å²) in [6.45, 7) is 4.57. The number of aryl methyl sites for hydroxylation is 1. The van der Waals surface area contributed by atoms with Crippen molar-refractivity contribution in [2.75, 3.05) is 13.7 Å². The van der Waals surface area contributed by atoms with Crippen molar-refractivity contribution in [3.8, 4) is 5.75 Å². The second-order valence-electron chi connectivity index (χ2n) is 7.02. The van der Waals surface area contributed by atoms with Gasteiger partial charge in [-0.15, -0.1) is 0 Å². The average molecular weight is 352 g/mol. The first kappa shape index (κ1) is 18.5. The molecule has 1 N–H and O–H groups in total. The van der Waals surface area contributed by atoms with E-state index in [1.165, 1.54) is 16.7 Å². The summed E-state index contributed by atoms with van der Waals surface area (Å²) in [6, 6.07) is 16.9. The highest BCUT2D eigenvalue weighted by Crippen LogP contribution is 2.24. The summed E-state index contributed by atoms with van der Waals surface area (Å²) in [4.78, 5) is 14.3. The van der Waals surface area contributed by atoms with Crippen LogP contribution in [0.1, 0.15) is 36.0 Å². The molecule has 0 radical (unpaired) electrons. The van der Waals surface area contributed by atoms with Gasteiger partial charge in [-0.3, -0.25) is 4.79 Å². The Kier molecular flexibility index (Phi) is 6.29. The van der Waals surface area contributed by atoms with E-state index >= 15 is 0 Å². The smallest absolute Gasteiger partial charge is 0.223 e. The van der Waals surface area contributed by atoms with Crippen LogP contribution in [-0.2, 0) is 17.9 Å². The molecule has 1 heterocycles. The highest BCUT2D eigenvalue weighted by Gasteiger charge is 2.30. The Balaban J connectivity index is 1.47. The van der Waals surface area contributed by atoms with E-state index in [0.717, 1.165) is 38.2 Å². The first-order valence-corrected chi connectivity index (χ1v) is 9.34. The Bertz CT molecular complexity index is 727. The highest BCUT2D eigenvalue weighted by molar-refractivity contribution is 5.78. The molecule has 0 aliphatic carbocycles. The average Bonchev–Trinajstić information content (AvgIpc) is 2.99. The maximum absolute atomic E-state index is 12.3. The number of methoxy groups -OCH3 is 1. The zero-order chi connectivity index (χ0) is 18.4. The number of ether oxygens (including phenoxy) is 1. The molecule has 1 amide bonds. The van der Waals surface area contributed by atoms with Crippen molar-refractivity contribution in [2.45, 2.75) is 45.3 Å². The van der Waals surface area contributed by atoms with Crippen LogP contribution in [0.3, 0.4) is 0 Å². The number of hydrogen-bond donors (Lipinski definition) is 1. The molecule has 3 rings (SSSR count). The third kappa shape index (κ3) is 4.85. The van der Waals surface area contributed by atoms with Crippen molar-refractivity contribution in [1.82, 2.24) is 10.2 Å². The molecular weight excluding hydrogens is 324 g/mol. The van der Waals surface area contributed by atoms with Gasteiger partial charge >= 0.3 is 0 Å². The van der Waals surface area contributed by atoms with Gasteiger partial charge in [0, 0.05) is 25.6 Å². The molecule has 0 bridgehead atoms. The Morgan fingerprint density at radius 3 is 2.69 bits per heavy atom. The van der Waals surface area contributed by atoms with Crippen molar-refractivity contribution in [1.29, 1.82) is 0 Å². The van der Waals surface area contributed by atoms with Crippen LogP contribution < -0.4 is 10.1 Å². The van der Waals surface area contributed by atoms with Crippen molar-refractivity contribution in [3.05, 3.63) is 65.2 Å². The lowest BCUT2D eigenvalue weighted by Crippen LogP contribution is -2.34. The highest BCUT2D eigenvalue weighted by atomic mass is 16.5. The second-order valence-corrected chi connectivity index (χ2v) is 7.02. The van der Waals surface area contributed by atoms with Crippen LogP contribution in [0.5, 0.6) is 5.75 Å². The normalized spacial score (nSPS) is 16.9. The molecule has 0 saturated carbocycles. The summed E-state index contributed by atoms with van der Waals surface area (Å²) in [7, 11) is 1.68. The number of nitrogens with one attached hydrogen (secondary N) is 1. The molecule has 1 fully saturated rings. The fourth-order valence-corrected chi connectivity index (χ4v) is 3.56. The van der Waals surface area contributed by atoms with E-state index in [0.29, 0.717) is 12.5 Å². The predicted octanol–water partition coefficient (Wildman–Crippen LogP) is 3.67. The molecule has 2 aromatic carbocycles. The number of amides is 1. The Labute approximate surface area is 156 Å². The molecule has 26 heavy (non-hydrogen) atoms. The summed E-state index contributed by atoms with van der Waals surface area (Å²) >= 11 is 0. The maximum Gasteiger partial charge on any atom is 0.223 e. The standard InChI is InChI=1S/C22H28N2O2/c1-17-4-3-5-19(14-17)16-24-20(8-11-22(24)25)12-13-23-15-18-6-9-21(26-2)10-7-18/h3-7,9-10,14,20,23H,8,11-13,15-16H2,1-2H3/t20-/m0/s1. The SMILES string of the molecule is COc1ccc(CNCC[C@@H]2CCC(=O)N2Cc2cccc(C)c2)cc1. The monoisotopic (exact) mass is 352 g/mol. The molecule has 4 nitrogen and oxygen atoms in total. The van der Waals surface area contributed by atoms with Gasteiger partial charge in [0.15, 0.2) is 0 Å². The first-order chi connectivity index (χ1) is 12.7. The molecule has 0 aromatic heterocycles. The number of carbonyl (C=O) groups excluding carboxylic acids is 1. The van der Waals surface area contributed by atoms with Gasteiger partial charge in [-0.05, 0) is 49.6 Å². The lowest BCUT2D eigenvalue weighted by atomic mass is 10.1. The molecule has 4 heteroatoms. The lowest BCUT2D eigenvalue weighted by Gasteiger charge is -2.25. The van der Waals surface area contributed by atoms with Crippen molar-refractivity contribution in [3.63, 3.8) is 0 Å². The molecule has 1 aliphatic heterocycles. The van der Waals surface area contributed by atoms with E-state index in [9.17, 15) is 4.79 Å². The summed E-state index contributed by atoms with van der Waals surface area (Å²) in [6.07, 6.45) is 2.64. The molecule has 1 atom stereocenters. The fraction of sp³-hybridized carbons (Fsp3) is 0.409. The van der Waals surface area contributed by atoms with Gasteiger partial charge < -0.3 is 15.0 Å². The van der Waals surface area contributed by atoms with Crippen LogP contribution in [-0.4, -0.2) is 30.5 Å². The van der Waals surface area contributed by atoms with Crippen molar-refractivity contribution < 1.29 is 9.53 Å². The summed E-state index contributed by atoms with van der Waals surface area (Å²) in [5, 5.41) is 3.50. The van der Waals surface area contributed by atoms with Crippen LogP contribution in [0.4, 0.5) is 0 Å². The number of benzene rings is 2. The van der Waals surface area contributed by atoms with E-state index in [-0.39, 0.29) is 5.91 Å². The van der Waals surface area contributed by atoms with E-state index in [2.05, 4.69) is 53.5 Å². The third-order valence-electron chi connectivity index (χ3n) is 5.03. The zero-order valence-corrected chi connectivity index (χ0v) is 15.7. The number of rotatable bonds is 8. The Morgan fingerprint density at radius 1 is 1.15 bits per heavy atom. The Hall–Kier alpha value is -2.33. The fourth-order valence-electron chi connectivity index (χ4n) is 3.56. The van der Waals surface area contributed by atoms with Gasteiger partial charge in [0.2, 0.25) is 5.91 Å². The van der Waals surface area contributed by atoms with Gasteiger partial charge in [0.1, 0.15) is 5.75 Å². The van der Waals surface area contributed by atoms with Gasteiger partial charge in [0.25, 0.3) is 0 Å². The van der Waals surface area contributed by atoms with Crippen LogP contribution >= 0.6 is 0 Å². The second kappa shape index (κ2) is 8.86. The number of hydrogen-bond acceptors (Lipinski definition) is 3. The first-order valence-electron chi connectivity index (χ1n) is 9.34. The number of carbonyl (C=O) groups is 1. The van der Waals surface area contributed by atoms with Gasteiger partial charge in [-0.2, -0.15) is 0 Å². The molecule has 0 unspecified atom stereocenters. The van der Waals surface area contributed by atoms with E-state index in [1.807, 2.05) is 12.1 Å². The predicted molar refractivity (Wildman–Crippen MR) is 104 cm³/mol. The Morgan fingerprint density at radius 2 is 1.96 bits per heavy atom. The van der Waals surface area contributed by atoms with Gasteiger partial charge in [0.05, 0.1) is 7.11 Å². The minimum absolute atomic E-state index is 0.284. The summed E-state index contributed by atoms with van der Waals surface area (Å²) < 4.78 is 5.18. The molecule has 138 valence electrons. The molecule has 1 aliphatic rings. The van der Waals surface area contributed by atoms with Crippen molar-refractivity contribution >= 4 is 5.91 Å². The number of nitrogens with zero attached hydrogens (tertiary/aromatic N) is 1. The van der Waals surface area contributed by atoms with Crippen molar-refractivity contribution in [2.24, 2.45) is 0 Å². The molecule has 2 aromatic rings. The molecular formula is C22H28N2O2. The summed E-state index contributed by atoms with van der Waals surface area (Å²) in [5.41, 5.74) is 3.70. The molecule has 0 spiro atoms. The van der Waals surface area contributed by atoms with Crippen LogP contribution in [0.25, 0.3) is 0 Å². The van der Waals surface area contributed by atoms with Crippen LogP contribution in [0.15, 0.2) is 48.5 Å². The minimum Gasteiger partial charge on any atom is -0.497 e. The minimum atomic E-state index is 0.284. The van der Waals surface area contributed by atoms with Gasteiger partial charge in [-0.1, -0.05) is 42.0 Å². The zero-order valence-electron chi connectivity index (χ0n) is 15.7. The van der Waals surface area contributed by atoms with Gasteiger partial charge in [-0.25, -0.2) is 0 Å². The third-order valence-corrected chi connectivity index (χ3v) is 5.03. The van der Waals surface area contributed by atoms with E-state index < -0.39 is 0 Å². The summed E-state index contributed by atoms with van der Waals surface area (Å²) in [5.74, 6) is 1.16. The number of likely N-dealkylation sites (tertiary alicyclic amines) is 1. The largest absolute Gasteiger partial charge is 0.497 e. The lowest BCUT2D eigenvalue weighted by molar-refractivity contribution is -0.129. The topological polar surface area (TPSA) is 41.6 Å². The van der Waals surface area contributed by atoms with E-state index in [4.69, 9.17) is 4.74 Å². The molecule has 1 saturated heterocycles. The van der Waals surface area contributed by atoms with Crippen LogP contribution in [0.2, 0.25) is 0 Å². The maximum atomic E-state index is 12.3. The van der Waals surface area contributed by atoms with Crippen LogP contribution in [0, 0.1) is 6.92 Å². The van der Waals surface area contributed by atoms with E-state index in [1.54, 1.807) is 7.11 Å².